The predicted octanol–water partition coefficient (Wildman–Crippen LogP) is 11.4. The Bertz CT molecular complexity index is 2270. The highest BCUT2D eigenvalue weighted by atomic mass is 16.3. The van der Waals surface area contributed by atoms with E-state index < -0.39 is 0 Å². The molecule has 0 aliphatic heterocycles. The van der Waals surface area contributed by atoms with Crippen LogP contribution in [-0.4, -0.2) is 4.98 Å². The Kier molecular flexibility index (Phi) is 6.47. The summed E-state index contributed by atoms with van der Waals surface area (Å²) in [5.74, 6) is 0.586. The molecule has 0 radical (unpaired) electrons. The van der Waals surface area contributed by atoms with E-state index in [9.17, 15) is 0 Å². The molecule has 0 saturated heterocycles. The van der Waals surface area contributed by atoms with Crippen molar-refractivity contribution in [3.63, 3.8) is 0 Å². The lowest BCUT2D eigenvalue weighted by molar-refractivity contribution is 0.590. The summed E-state index contributed by atoms with van der Waals surface area (Å²) < 4.78 is 6.03. The van der Waals surface area contributed by atoms with Crippen molar-refractivity contribution in [3.8, 4) is 11.1 Å². The molecule has 0 aliphatic rings. The Balaban J connectivity index is 1.14. The van der Waals surface area contributed by atoms with Gasteiger partial charge >= 0.3 is 0 Å². The highest BCUT2D eigenvalue weighted by molar-refractivity contribution is 6.14. The topological polar surface area (TPSA) is 29.3 Å². The number of rotatable bonds is 6. The molecule has 0 atom stereocenters. The van der Waals surface area contributed by atoms with Gasteiger partial charge in [0.05, 0.1) is 5.69 Å². The smallest absolute Gasteiger partial charge is 0.220 e. The van der Waals surface area contributed by atoms with E-state index in [1.165, 1.54) is 21.5 Å². The van der Waals surface area contributed by atoms with Crippen LogP contribution in [-0.2, 0) is 0 Å². The highest BCUT2D eigenvalue weighted by Crippen LogP contribution is 2.41. The third kappa shape index (κ3) is 4.81. The van der Waals surface area contributed by atoms with Gasteiger partial charge in [-0.1, -0.05) is 115 Å². The van der Waals surface area contributed by atoms with Crippen LogP contribution in [0, 0.1) is 0 Å². The highest BCUT2D eigenvalue weighted by Gasteiger charge is 2.17. The van der Waals surface area contributed by atoms with Gasteiger partial charge in [-0.05, 0) is 81.4 Å². The number of hydrogen-bond acceptors (Lipinski definition) is 3. The number of fused-ring (bicyclic) bond motifs is 4. The van der Waals surface area contributed by atoms with Crippen molar-refractivity contribution >= 4 is 61.9 Å². The first-order valence-corrected chi connectivity index (χ1v) is 14.8. The number of hydrogen-bond donors (Lipinski definition) is 0. The Morgan fingerprint density at radius 1 is 0.500 bits per heavy atom. The van der Waals surface area contributed by atoms with Crippen molar-refractivity contribution in [2.45, 2.75) is 0 Å². The monoisotopic (exact) mass is 564 g/mol. The van der Waals surface area contributed by atoms with Crippen molar-refractivity contribution in [2.75, 3.05) is 4.90 Å². The van der Waals surface area contributed by atoms with Crippen LogP contribution >= 0.6 is 0 Å². The van der Waals surface area contributed by atoms with Crippen LogP contribution in [0.1, 0.15) is 11.5 Å². The van der Waals surface area contributed by atoms with Gasteiger partial charge in [-0.25, -0.2) is 4.98 Å². The van der Waals surface area contributed by atoms with E-state index in [1.807, 2.05) is 36.4 Å². The molecule has 44 heavy (non-hydrogen) atoms. The van der Waals surface area contributed by atoms with E-state index in [1.54, 1.807) is 0 Å². The van der Waals surface area contributed by atoms with E-state index >= 15 is 0 Å². The molecule has 1 aromatic heterocycles. The van der Waals surface area contributed by atoms with Crippen molar-refractivity contribution in [3.05, 3.63) is 169 Å². The molecule has 0 amide bonds. The molecular weight excluding hydrogens is 536 g/mol. The Morgan fingerprint density at radius 2 is 1.16 bits per heavy atom. The minimum Gasteiger partial charge on any atom is -0.437 e. The van der Waals surface area contributed by atoms with Crippen LogP contribution < -0.4 is 4.90 Å². The van der Waals surface area contributed by atoms with Gasteiger partial charge in [0.1, 0.15) is 5.52 Å². The van der Waals surface area contributed by atoms with Gasteiger partial charge < -0.3 is 9.32 Å². The van der Waals surface area contributed by atoms with E-state index in [2.05, 4.69) is 138 Å². The summed E-state index contributed by atoms with van der Waals surface area (Å²) in [5, 5.41) is 4.94. The van der Waals surface area contributed by atoms with Crippen LogP contribution in [0.2, 0.25) is 0 Å². The molecule has 0 spiro atoms. The lowest BCUT2D eigenvalue weighted by Crippen LogP contribution is -2.10. The second-order valence-electron chi connectivity index (χ2n) is 10.9. The summed E-state index contributed by atoms with van der Waals surface area (Å²) >= 11 is 0. The zero-order valence-corrected chi connectivity index (χ0v) is 24.0. The van der Waals surface area contributed by atoms with Crippen LogP contribution in [0.5, 0.6) is 0 Å². The van der Waals surface area contributed by atoms with Gasteiger partial charge in [-0.15, -0.1) is 0 Å². The third-order valence-corrected chi connectivity index (χ3v) is 8.08. The molecule has 8 aromatic rings. The summed E-state index contributed by atoms with van der Waals surface area (Å²) in [4.78, 5) is 7.07. The minimum atomic E-state index is 0.586. The van der Waals surface area contributed by atoms with E-state index in [0.717, 1.165) is 44.9 Å². The largest absolute Gasteiger partial charge is 0.437 e. The number of nitrogens with zero attached hydrogens (tertiary/aromatic N) is 2. The molecular formula is C41H28N2O. The van der Waals surface area contributed by atoms with E-state index in [4.69, 9.17) is 9.40 Å². The lowest BCUT2D eigenvalue weighted by atomic mass is 9.99. The molecule has 208 valence electrons. The van der Waals surface area contributed by atoms with Gasteiger partial charge in [-0.3, -0.25) is 0 Å². The number of para-hydroxylation sites is 1. The lowest BCUT2D eigenvalue weighted by Gasteiger charge is -2.27. The first-order chi connectivity index (χ1) is 21.8. The van der Waals surface area contributed by atoms with Crippen LogP contribution in [0.3, 0.4) is 0 Å². The summed E-state index contributed by atoms with van der Waals surface area (Å²) in [7, 11) is 0. The summed E-state index contributed by atoms with van der Waals surface area (Å²) in [6, 6.07) is 55.2. The summed E-state index contributed by atoms with van der Waals surface area (Å²) in [6.07, 6.45) is 3.98. The standard InChI is InChI=1S/C41H28N2O/c1-3-11-30(12-4-1)31-22-25-40-38(27-31)42-41(44-40)26-21-29-19-23-34(24-20-29)43(33-14-5-2-6-15-33)39-28-32-13-7-8-16-35(32)36-17-9-10-18-37(36)39/h1-28H/b26-21+. The van der Waals surface area contributed by atoms with Crippen LogP contribution in [0.15, 0.2) is 162 Å². The Morgan fingerprint density at radius 3 is 1.95 bits per heavy atom. The second kappa shape index (κ2) is 11.0. The molecule has 3 nitrogen and oxygen atoms in total. The first kappa shape index (κ1) is 25.8. The van der Waals surface area contributed by atoms with E-state index in [-0.39, 0.29) is 0 Å². The number of benzene rings is 7. The maximum Gasteiger partial charge on any atom is 0.220 e. The van der Waals surface area contributed by atoms with Crippen molar-refractivity contribution in [1.29, 1.82) is 0 Å². The quantitative estimate of drug-likeness (QED) is 0.188. The zero-order valence-electron chi connectivity index (χ0n) is 24.0. The molecule has 0 fully saturated rings. The number of oxazole rings is 1. The number of aromatic nitrogens is 1. The zero-order chi connectivity index (χ0) is 29.3. The summed E-state index contributed by atoms with van der Waals surface area (Å²) in [5.41, 5.74) is 8.33. The first-order valence-electron chi connectivity index (χ1n) is 14.8. The van der Waals surface area contributed by atoms with Crippen LogP contribution in [0.25, 0.3) is 55.9 Å². The van der Waals surface area contributed by atoms with Crippen molar-refractivity contribution < 1.29 is 4.42 Å². The van der Waals surface area contributed by atoms with Crippen molar-refractivity contribution in [1.82, 2.24) is 4.98 Å². The fraction of sp³-hybridized carbons (Fsp3) is 0. The third-order valence-electron chi connectivity index (χ3n) is 8.08. The fourth-order valence-corrected chi connectivity index (χ4v) is 5.95. The fourth-order valence-electron chi connectivity index (χ4n) is 5.95. The molecule has 0 N–H and O–H groups in total. The molecule has 3 heteroatoms. The van der Waals surface area contributed by atoms with Crippen LogP contribution in [0.4, 0.5) is 17.1 Å². The molecule has 7 aromatic carbocycles. The van der Waals surface area contributed by atoms with Gasteiger partial charge in [0, 0.05) is 22.8 Å². The van der Waals surface area contributed by atoms with Crippen molar-refractivity contribution in [2.24, 2.45) is 0 Å². The SMILES string of the molecule is C(=C\c1nc2cc(-c3ccccc3)ccc2o1)/c1ccc(N(c2ccccc2)c2cc3ccccc3c3ccccc23)cc1. The Hall–Kier alpha value is -5.93. The molecule has 0 aliphatic carbocycles. The average Bonchev–Trinajstić information content (AvgIpc) is 3.51. The maximum absolute atomic E-state index is 6.03. The van der Waals surface area contributed by atoms with E-state index in [0.29, 0.717) is 5.89 Å². The average molecular weight is 565 g/mol. The second-order valence-corrected chi connectivity index (χ2v) is 10.9. The minimum absolute atomic E-state index is 0.586. The normalized spacial score (nSPS) is 11.5. The Labute approximate surface area is 256 Å². The predicted molar refractivity (Wildman–Crippen MR) is 185 cm³/mol. The maximum atomic E-state index is 6.03. The van der Waals surface area contributed by atoms with Gasteiger partial charge in [-0.2, -0.15) is 0 Å². The molecule has 0 bridgehead atoms. The molecule has 1 heterocycles. The molecule has 0 saturated carbocycles. The van der Waals surface area contributed by atoms with Gasteiger partial charge in [0.2, 0.25) is 5.89 Å². The molecule has 0 unspecified atom stereocenters. The van der Waals surface area contributed by atoms with Gasteiger partial charge in [0.15, 0.2) is 5.58 Å². The summed E-state index contributed by atoms with van der Waals surface area (Å²) in [6.45, 7) is 0. The molecule has 8 rings (SSSR count). The van der Waals surface area contributed by atoms with Gasteiger partial charge in [0.25, 0.3) is 0 Å². The number of anilines is 3.